The van der Waals surface area contributed by atoms with Gasteiger partial charge in [0.15, 0.2) is 0 Å². The molecule has 0 spiro atoms. The first-order valence-corrected chi connectivity index (χ1v) is 8.52. The molecule has 1 aromatic rings. The Morgan fingerprint density at radius 2 is 2.05 bits per heavy atom. The molecule has 2 aliphatic rings. The van der Waals surface area contributed by atoms with E-state index >= 15 is 0 Å². The van der Waals surface area contributed by atoms with Crippen molar-refractivity contribution in [1.29, 1.82) is 0 Å². The van der Waals surface area contributed by atoms with Gasteiger partial charge < -0.3 is 15.0 Å². The van der Waals surface area contributed by atoms with Crippen LogP contribution in [0.25, 0.3) is 0 Å². The summed E-state index contributed by atoms with van der Waals surface area (Å²) in [4.78, 5) is 2.60. The first kappa shape index (κ1) is 14.9. The second kappa shape index (κ2) is 7.28. The van der Waals surface area contributed by atoms with Crippen LogP contribution in [-0.2, 0) is 0 Å². The van der Waals surface area contributed by atoms with Crippen LogP contribution in [0, 0.1) is 6.92 Å². The molecule has 1 aromatic carbocycles. The van der Waals surface area contributed by atoms with Gasteiger partial charge in [0.05, 0.1) is 6.61 Å². The highest BCUT2D eigenvalue weighted by Gasteiger charge is 2.20. The maximum Gasteiger partial charge on any atom is 0.126 e. The van der Waals surface area contributed by atoms with Crippen LogP contribution in [0.2, 0.25) is 0 Å². The zero-order valence-electron chi connectivity index (χ0n) is 13.2. The number of aryl methyl sites for hydroxylation is 1. The summed E-state index contributed by atoms with van der Waals surface area (Å²) in [6.45, 7) is 7.82. The highest BCUT2D eigenvalue weighted by molar-refractivity contribution is 5.43. The lowest BCUT2D eigenvalue weighted by molar-refractivity contribution is 0.225. The number of benzene rings is 1. The highest BCUT2D eigenvalue weighted by Crippen LogP contribution is 2.33. The fraction of sp³-hybridized carbons (Fsp3) is 0.667. The molecule has 0 radical (unpaired) electrons. The van der Waals surface area contributed by atoms with E-state index in [0.29, 0.717) is 6.04 Å². The number of para-hydroxylation sites is 1. The van der Waals surface area contributed by atoms with E-state index in [4.69, 9.17) is 4.74 Å². The third-order valence-electron chi connectivity index (χ3n) is 4.77. The van der Waals surface area contributed by atoms with Crippen molar-refractivity contribution in [1.82, 2.24) is 10.2 Å². The summed E-state index contributed by atoms with van der Waals surface area (Å²) >= 11 is 0. The Morgan fingerprint density at radius 1 is 1.19 bits per heavy atom. The lowest BCUT2D eigenvalue weighted by Gasteiger charge is -2.27. The Kier molecular flexibility index (Phi) is 5.15. The lowest BCUT2D eigenvalue weighted by atomic mass is 10.00. The van der Waals surface area contributed by atoms with Crippen LogP contribution in [0.3, 0.4) is 0 Å². The summed E-state index contributed by atoms with van der Waals surface area (Å²) in [7, 11) is 0. The molecule has 1 unspecified atom stereocenters. The van der Waals surface area contributed by atoms with Crippen LogP contribution < -0.4 is 10.1 Å². The van der Waals surface area contributed by atoms with Crippen molar-refractivity contribution in [2.24, 2.45) is 0 Å². The predicted octanol–water partition coefficient (Wildman–Crippen LogP) is 3.28. The number of hydrogen-bond acceptors (Lipinski definition) is 3. The van der Waals surface area contributed by atoms with Gasteiger partial charge in [-0.2, -0.15) is 0 Å². The van der Waals surface area contributed by atoms with Crippen LogP contribution >= 0.6 is 0 Å². The maximum absolute atomic E-state index is 5.96. The van der Waals surface area contributed by atoms with Gasteiger partial charge in [-0.25, -0.2) is 0 Å². The molecular formula is C18H28N2O. The summed E-state index contributed by atoms with van der Waals surface area (Å²) in [6.07, 6.45) is 6.47. The largest absolute Gasteiger partial charge is 0.493 e. The van der Waals surface area contributed by atoms with Crippen LogP contribution in [0.4, 0.5) is 0 Å². The minimum atomic E-state index is 0.451. The monoisotopic (exact) mass is 288 g/mol. The molecule has 0 aromatic heterocycles. The normalized spacial score (nSPS) is 23.2. The Balaban J connectivity index is 1.59. The van der Waals surface area contributed by atoms with Crippen molar-refractivity contribution >= 4 is 0 Å². The summed E-state index contributed by atoms with van der Waals surface area (Å²) < 4.78 is 5.96. The number of nitrogens with one attached hydrogen (secondary N) is 1. The van der Waals surface area contributed by atoms with E-state index in [0.717, 1.165) is 25.3 Å². The fourth-order valence-electron chi connectivity index (χ4n) is 3.56. The summed E-state index contributed by atoms with van der Waals surface area (Å²) in [5.74, 6) is 1.12. The Morgan fingerprint density at radius 3 is 2.90 bits per heavy atom. The molecule has 0 bridgehead atoms. The van der Waals surface area contributed by atoms with Gasteiger partial charge in [0.1, 0.15) is 5.75 Å². The smallest absolute Gasteiger partial charge is 0.126 e. The second-order valence-corrected chi connectivity index (χ2v) is 6.39. The van der Waals surface area contributed by atoms with Gasteiger partial charge >= 0.3 is 0 Å². The standard InChI is InChI=1S/C18H28N2O/c1-15-7-5-8-16-17(9-6-14-21-18(15)16)19-10-13-20-11-3-2-4-12-20/h5,7-8,17,19H,2-4,6,9-14H2,1H3. The van der Waals surface area contributed by atoms with Crippen LogP contribution in [-0.4, -0.2) is 37.7 Å². The molecule has 0 saturated carbocycles. The average Bonchev–Trinajstić information content (AvgIpc) is 2.72. The van der Waals surface area contributed by atoms with Gasteiger partial charge in [-0.15, -0.1) is 0 Å². The van der Waals surface area contributed by atoms with E-state index in [9.17, 15) is 0 Å². The third kappa shape index (κ3) is 3.78. The van der Waals surface area contributed by atoms with Gasteiger partial charge in [0.2, 0.25) is 0 Å². The quantitative estimate of drug-likeness (QED) is 0.920. The van der Waals surface area contributed by atoms with Crippen molar-refractivity contribution in [3.8, 4) is 5.75 Å². The van der Waals surface area contributed by atoms with Gasteiger partial charge in [-0.05, 0) is 51.3 Å². The van der Waals surface area contributed by atoms with Gasteiger partial charge in [0, 0.05) is 24.7 Å². The number of hydrogen-bond donors (Lipinski definition) is 1. The van der Waals surface area contributed by atoms with E-state index in [-0.39, 0.29) is 0 Å². The summed E-state index contributed by atoms with van der Waals surface area (Å²) in [5, 5.41) is 3.77. The van der Waals surface area contributed by atoms with Crippen molar-refractivity contribution in [3.63, 3.8) is 0 Å². The fourth-order valence-corrected chi connectivity index (χ4v) is 3.56. The second-order valence-electron chi connectivity index (χ2n) is 6.39. The molecule has 3 heteroatoms. The highest BCUT2D eigenvalue weighted by atomic mass is 16.5. The van der Waals surface area contributed by atoms with Crippen LogP contribution in [0.1, 0.15) is 49.3 Å². The third-order valence-corrected chi connectivity index (χ3v) is 4.77. The molecule has 2 heterocycles. The first-order valence-electron chi connectivity index (χ1n) is 8.52. The van der Waals surface area contributed by atoms with Crippen molar-refractivity contribution in [3.05, 3.63) is 29.3 Å². The molecule has 116 valence electrons. The van der Waals surface area contributed by atoms with Crippen molar-refractivity contribution in [2.45, 2.75) is 45.1 Å². The average molecular weight is 288 g/mol. The minimum Gasteiger partial charge on any atom is -0.493 e. The number of nitrogens with zero attached hydrogens (tertiary/aromatic N) is 1. The molecule has 1 saturated heterocycles. The number of ether oxygens (including phenoxy) is 1. The molecule has 0 aliphatic carbocycles. The number of likely N-dealkylation sites (tertiary alicyclic amines) is 1. The minimum absolute atomic E-state index is 0.451. The van der Waals surface area contributed by atoms with Gasteiger partial charge in [-0.1, -0.05) is 24.6 Å². The van der Waals surface area contributed by atoms with E-state index < -0.39 is 0 Å². The predicted molar refractivity (Wildman–Crippen MR) is 86.9 cm³/mol. The molecule has 3 nitrogen and oxygen atoms in total. The SMILES string of the molecule is Cc1cccc2c1OCCCC2NCCN1CCCCC1. The van der Waals surface area contributed by atoms with Crippen LogP contribution in [0.5, 0.6) is 5.75 Å². The molecular weight excluding hydrogens is 260 g/mol. The van der Waals surface area contributed by atoms with E-state index in [1.807, 2.05) is 0 Å². The lowest BCUT2D eigenvalue weighted by Crippen LogP contribution is -2.36. The van der Waals surface area contributed by atoms with Crippen molar-refractivity contribution in [2.75, 3.05) is 32.8 Å². The molecule has 3 rings (SSSR count). The number of fused-ring (bicyclic) bond motifs is 1. The molecule has 21 heavy (non-hydrogen) atoms. The van der Waals surface area contributed by atoms with E-state index in [1.165, 1.54) is 56.4 Å². The van der Waals surface area contributed by atoms with E-state index in [2.05, 4.69) is 35.3 Å². The van der Waals surface area contributed by atoms with Gasteiger partial charge in [-0.3, -0.25) is 0 Å². The van der Waals surface area contributed by atoms with Crippen molar-refractivity contribution < 1.29 is 4.74 Å². The zero-order chi connectivity index (χ0) is 14.5. The Labute approximate surface area is 128 Å². The molecule has 0 amide bonds. The maximum atomic E-state index is 5.96. The Hall–Kier alpha value is -1.06. The number of rotatable bonds is 4. The van der Waals surface area contributed by atoms with Gasteiger partial charge in [0.25, 0.3) is 0 Å². The summed E-state index contributed by atoms with van der Waals surface area (Å²) in [5.41, 5.74) is 2.61. The topological polar surface area (TPSA) is 24.5 Å². The zero-order valence-corrected chi connectivity index (χ0v) is 13.2. The van der Waals surface area contributed by atoms with Crippen LogP contribution in [0.15, 0.2) is 18.2 Å². The Bertz CT molecular complexity index is 455. The van der Waals surface area contributed by atoms with E-state index in [1.54, 1.807) is 0 Å². The number of piperidine rings is 1. The molecule has 1 fully saturated rings. The molecule has 2 aliphatic heterocycles. The molecule has 1 N–H and O–H groups in total. The summed E-state index contributed by atoms with van der Waals surface area (Å²) in [6, 6.07) is 6.98. The first-order chi connectivity index (χ1) is 10.3. The molecule has 1 atom stereocenters.